The molecule has 0 aromatic rings. The van der Waals surface area contributed by atoms with E-state index in [1.165, 1.54) is 0 Å². The van der Waals surface area contributed by atoms with Gasteiger partial charge < -0.3 is 35.6 Å². The van der Waals surface area contributed by atoms with Crippen molar-refractivity contribution in [1.29, 1.82) is 0 Å². The number of nitrogens with one attached hydrogen (secondary N) is 3. The Morgan fingerprint density at radius 3 is 1.75 bits per heavy atom. The van der Waals surface area contributed by atoms with Crippen molar-refractivity contribution in [3.63, 3.8) is 0 Å². The Labute approximate surface area is 210 Å². The third kappa shape index (κ3) is 21.5. The van der Waals surface area contributed by atoms with Crippen molar-refractivity contribution in [3.05, 3.63) is 0 Å². The lowest BCUT2D eigenvalue weighted by atomic mass is 10.1. The van der Waals surface area contributed by atoms with Gasteiger partial charge >= 0.3 is 11.9 Å². The molecule has 1 radical (unpaired) electrons. The molecule has 0 aliphatic heterocycles. The minimum atomic E-state index is -1.26. The topological polar surface area (TPSA) is 197 Å². The van der Waals surface area contributed by atoms with Crippen LogP contribution in [0.5, 0.6) is 0 Å². The van der Waals surface area contributed by atoms with E-state index in [2.05, 4.69) is 16.0 Å². The normalized spacial score (nSPS) is 11.3. The summed E-state index contributed by atoms with van der Waals surface area (Å²) < 4.78 is 10.7. The van der Waals surface area contributed by atoms with E-state index in [9.17, 15) is 28.8 Å². The largest absolute Gasteiger partial charge is 0.481 e. The van der Waals surface area contributed by atoms with Crippen molar-refractivity contribution in [1.82, 2.24) is 16.0 Å². The SMILES string of the molecule is O=[C]CC[C@H](NC(=O)CCC(=O)NCCOCCOCCNC(=O)CCCCCCC(=O)O)C(=O)O. The quantitative estimate of drug-likeness (QED) is 0.108. The number of hydrogen-bond donors (Lipinski definition) is 5. The Balaban J connectivity index is 3.55. The summed E-state index contributed by atoms with van der Waals surface area (Å²) in [4.78, 5) is 66.8. The Bertz CT molecular complexity index is 687. The van der Waals surface area contributed by atoms with Gasteiger partial charge in [0.25, 0.3) is 0 Å². The summed E-state index contributed by atoms with van der Waals surface area (Å²) in [6.45, 7) is 1.82. The minimum Gasteiger partial charge on any atom is -0.481 e. The highest BCUT2D eigenvalue weighted by Crippen LogP contribution is 2.05. The summed E-state index contributed by atoms with van der Waals surface area (Å²) in [5.41, 5.74) is 0. The number of carbonyl (C=O) groups is 5. The molecule has 0 heterocycles. The van der Waals surface area contributed by atoms with E-state index in [-0.39, 0.29) is 57.1 Å². The molecule has 0 fully saturated rings. The van der Waals surface area contributed by atoms with E-state index in [1.54, 1.807) is 6.29 Å². The van der Waals surface area contributed by atoms with Crippen LogP contribution in [-0.2, 0) is 38.2 Å². The summed E-state index contributed by atoms with van der Waals surface area (Å²) in [6, 6.07) is -1.19. The number of unbranched alkanes of at least 4 members (excludes halogenated alkanes) is 3. The molecular formula is C23H38N3O10. The molecular weight excluding hydrogens is 478 g/mol. The molecule has 5 N–H and O–H groups in total. The van der Waals surface area contributed by atoms with Crippen LogP contribution in [0, 0.1) is 0 Å². The van der Waals surface area contributed by atoms with Crippen LogP contribution in [0.1, 0.15) is 64.2 Å². The Hall–Kier alpha value is -3.06. The molecule has 0 aliphatic rings. The van der Waals surface area contributed by atoms with Gasteiger partial charge in [-0.25, -0.2) is 4.79 Å². The van der Waals surface area contributed by atoms with Crippen molar-refractivity contribution in [2.24, 2.45) is 0 Å². The average molecular weight is 517 g/mol. The highest BCUT2D eigenvalue weighted by molar-refractivity contribution is 5.87. The summed E-state index contributed by atoms with van der Waals surface area (Å²) in [5.74, 6) is -3.11. The fourth-order valence-electron chi connectivity index (χ4n) is 2.89. The molecule has 0 aliphatic carbocycles. The first kappa shape index (κ1) is 32.9. The minimum absolute atomic E-state index is 0.0642. The number of amides is 3. The van der Waals surface area contributed by atoms with Gasteiger partial charge in [0.1, 0.15) is 6.04 Å². The molecule has 0 spiro atoms. The molecule has 1 atom stereocenters. The van der Waals surface area contributed by atoms with Crippen molar-refractivity contribution < 1.29 is 48.5 Å². The Kier molecular flexibility index (Phi) is 20.5. The highest BCUT2D eigenvalue weighted by Gasteiger charge is 2.19. The van der Waals surface area contributed by atoms with Gasteiger partial charge in [-0.15, -0.1) is 0 Å². The molecule has 0 saturated carbocycles. The number of carboxylic acids is 2. The third-order valence-corrected chi connectivity index (χ3v) is 4.80. The van der Waals surface area contributed by atoms with E-state index < -0.39 is 23.9 Å². The first-order valence-corrected chi connectivity index (χ1v) is 12.0. The number of aliphatic carboxylic acids is 2. The molecule has 0 saturated heterocycles. The lowest BCUT2D eigenvalue weighted by molar-refractivity contribution is -0.142. The molecule has 13 nitrogen and oxygen atoms in total. The van der Waals surface area contributed by atoms with E-state index >= 15 is 0 Å². The van der Waals surface area contributed by atoms with Crippen LogP contribution in [0.2, 0.25) is 0 Å². The second-order valence-electron chi connectivity index (χ2n) is 7.87. The molecule has 205 valence electrons. The highest BCUT2D eigenvalue weighted by atomic mass is 16.5. The van der Waals surface area contributed by atoms with Crippen LogP contribution in [0.3, 0.4) is 0 Å². The van der Waals surface area contributed by atoms with Crippen LogP contribution in [0.4, 0.5) is 0 Å². The lowest BCUT2D eigenvalue weighted by Crippen LogP contribution is -2.41. The van der Waals surface area contributed by atoms with E-state index in [1.807, 2.05) is 0 Å². The van der Waals surface area contributed by atoms with Gasteiger partial charge in [0.15, 0.2) is 6.29 Å². The van der Waals surface area contributed by atoms with Crippen LogP contribution in [0.25, 0.3) is 0 Å². The van der Waals surface area contributed by atoms with Crippen molar-refractivity contribution in [3.8, 4) is 0 Å². The first-order valence-electron chi connectivity index (χ1n) is 12.0. The van der Waals surface area contributed by atoms with Gasteiger partial charge in [-0.1, -0.05) is 12.8 Å². The maximum Gasteiger partial charge on any atom is 0.326 e. The zero-order valence-corrected chi connectivity index (χ0v) is 20.6. The standard InChI is InChI=1S/C23H38N3O10/c27-13-5-6-18(23(33)34)26-21(30)10-9-20(29)25-12-15-36-17-16-35-14-11-24-19(28)7-3-1-2-4-8-22(31)32/h18H,1-12,14-17H2,(H,24,28)(H,25,29)(H,26,30)(H,31,32)(H,33,34)/t18-/m0/s1. The molecule has 0 bridgehead atoms. The molecule has 3 amide bonds. The predicted molar refractivity (Wildman–Crippen MR) is 127 cm³/mol. The van der Waals surface area contributed by atoms with Gasteiger partial charge in [0.05, 0.1) is 26.4 Å². The van der Waals surface area contributed by atoms with Gasteiger partial charge in [0.2, 0.25) is 17.7 Å². The maximum atomic E-state index is 11.8. The van der Waals surface area contributed by atoms with Crippen LogP contribution in [0.15, 0.2) is 0 Å². The van der Waals surface area contributed by atoms with E-state index in [4.69, 9.17) is 19.7 Å². The summed E-state index contributed by atoms with van der Waals surface area (Å²) in [6.07, 6.45) is 4.61. The number of hydrogen-bond acceptors (Lipinski definition) is 8. The third-order valence-electron chi connectivity index (χ3n) is 4.80. The first-order chi connectivity index (χ1) is 17.3. The fourth-order valence-corrected chi connectivity index (χ4v) is 2.89. The summed E-state index contributed by atoms with van der Waals surface area (Å²) in [5, 5.41) is 25.1. The summed E-state index contributed by atoms with van der Waals surface area (Å²) in [7, 11) is 0. The van der Waals surface area contributed by atoms with Crippen molar-refractivity contribution in [2.75, 3.05) is 39.5 Å². The molecule has 0 aromatic heterocycles. The summed E-state index contributed by atoms with van der Waals surface area (Å²) >= 11 is 0. The Morgan fingerprint density at radius 2 is 1.22 bits per heavy atom. The molecule has 0 aromatic carbocycles. The predicted octanol–water partition coefficient (Wildman–Crippen LogP) is -0.0833. The van der Waals surface area contributed by atoms with Crippen LogP contribution in [-0.4, -0.2) is 91.7 Å². The molecule has 0 rings (SSSR count). The smallest absolute Gasteiger partial charge is 0.326 e. The van der Waals surface area contributed by atoms with Crippen molar-refractivity contribution >= 4 is 35.9 Å². The van der Waals surface area contributed by atoms with Gasteiger partial charge in [-0.3, -0.25) is 24.0 Å². The zero-order chi connectivity index (χ0) is 27.0. The van der Waals surface area contributed by atoms with Gasteiger partial charge in [-0.05, 0) is 19.3 Å². The average Bonchev–Trinajstić information content (AvgIpc) is 2.83. The molecule has 36 heavy (non-hydrogen) atoms. The van der Waals surface area contributed by atoms with Gasteiger partial charge in [-0.2, -0.15) is 0 Å². The van der Waals surface area contributed by atoms with E-state index in [0.717, 1.165) is 19.3 Å². The number of rotatable bonds is 24. The number of carboxylic acid groups (broad SMARTS) is 2. The Morgan fingerprint density at radius 1 is 0.694 bits per heavy atom. The van der Waals surface area contributed by atoms with E-state index in [0.29, 0.717) is 39.2 Å². The maximum absolute atomic E-state index is 11.8. The van der Waals surface area contributed by atoms with Crippen molar-refractivity contribution in [2.45, 2.75) is 70.3 Å². The zero-order valence-electron chi connectivity index (χ0n) is 20.6. The van der Waals surface area contributed by atoms with Crippen LogP contribution < -0.4 is 16.0 Å². The van der Waals surface area contributed by atoms with Gasteiger partial charge in [0, 0.05) is 45.2 Å². The monoisotopic (exact) mass is 516 g/mol. The lowest BCUT2D eigenvalue weighted by Gasteiger charge is -2.13. The van der Waals surface area contributed by atoms with Crippen LogP contribution >= 0.6 is 0 Å². The second kappa shape index (κ2) is 22.4. The fraction of sp³-hybridized carbons (Fsp3) is 0.739. The molecule has 0 unspecified atom stereocenters. The number of ether oxygens (including phenoxy) is 2. The molecule has 13 heteroatoms. The second-order valence-corrected chi connectivity index (χ2v) is 7.87. The number of carbonyl (C=O) groups excluding carboxylic acids is 4.